The van der Waals surface area contributed by atoms with E-state index >= 15 is 0 Å². The summed E-state index contributed by atoms with van der Waals surface area (Å²) in [4.78, 5) is 27.7. The summed E-state index contributed by atoms with van der Waals surface area (Å²) >= 11 is 6.15. The number of carbonyl (C=O) groups is 2. The minimum atomic E-state index is -0.167. The highest BCUT2D eigenvalue weighted by molar-refractivity contribution is 6.31. The lowest BCUT2D eigenvalue weighted by Gasteiger charge is -2.23. The maximum absolute atomic E-state index is 13.5. The second-order valence-corrected chi connectivity index (χ2v) is 8.70. The average Bonchev–Trinajstić information content (AvgIpc) is 3.14. The molecule has 5 rings (SSSR count). The van der Waals surface area contributed by atoms with Gasteiger partial charge in [0.05, 0.1) is 17.8 Å². The third-order valence-electron chi connectivity index (χ3n) is 5.93. The van der Waals surface area contributed by atoms with Gasteiger partial charge in [0.2, 0.25) is 5.91 Å². The molecule has 170 valence electrons. The fraction of sp³-hybridized carbons (Fsp3) is 0.148. The summed E-state index contributed by atoms with van der Waals surface area (Å²) in [6.07, 6.45) is 2.92. The molecule has 0 saturated heterocycles. The molecule has 0 bridgehead atoms. The van der Waals surface area contributed by atoms with Gasteiger partial charge in [0.15, 0.2) is 0 Å². The molecule has 0 fully saturated rings. The van der Waals surface area contributed by atoms with Crippen molar-refractivity contribution in [2.75, 3.05) is 16.8 Å². The molecular weight excluding hydrogens is 448 g/mol. The molecule has 34 heavy (non-hydrogen) atoms. The van der Waals surface area contributed by atoms with Crippen molar-refractivity contribution in [3.8, 4) is 11.3 Å². The van der Waals surface area contributed by atoms with Gasteiger partial charge in [-0.15, -0.1) is 0 Å². The molecule has 1 aliphatic heterocycles. The number of nitrogens with one attached hydrogen (secondary N) is 1. The second-order valence-electron chi connectivity index (χ2n) is 8.29. The highest BCUT2D eigenvalue weighted by Gasteiger charge is 2.26. The minimum absolute atomic E-state index is 0.0871. The van der Waals surface area contributed by atoms with Crippen molar-refractivity contribution in [1.29, 1.82) is 0 Å². The van der Waals surface area contributed by atoms with Gasteiger partial charge in [-0.1, -0.05) is 48.0 Å². The van der Waals surface area contributed by atoms with Crippen LogP contribution in [0.25, 0.3) is 11.3 Å². The second kappa shape index (κ2) is 9.15. The van der Waals surface area contributed by atoms with E-state index in [9.17, 15) is 9.59 Å². The number of para-hydroxylation sites is 1. The zero-order chi connectivity index (χ0) is 23.7. The topological polar surface area (TPSA) is 67.2 Å². The zero-order valence-corrected chi connectivity index (χ0v) is 19.4. The molecule has 1 aliphatic rings. The predicted octanol–water partition coefficient (Wildman–Crippen LogP) is 5.12. The fourth-order valence-electron chi connectivity index (χ4n) is 4.29. The molecule has 7 heteroatoms. The van der Waals surface area contributed by atoms with Gasteiger partial charge < -0.3 is 10.2 Å². The highest BCUT2D eigenvalue weighted by Crippen LogP contribution is 2.36. The molecule has 1 aromatic heterocycles. The van der Waals surface area contributed by atoms with Crippen LogP contribution in [-0.2, 0) is 24.7 Å². The van der Waals surface area contributed by atoms with Crippen LogP contribution in [0.15, 0.2) is 79.0 Å². The van der Waals surface area contributed by atoms with E-state index in [0.29, 0.717) is 22.8 Å². The van der Waals surface area contributed by atoms with Gasteiger partial charge in [0.1, 0.15) is 0 Å². The van der Waals surface area contributed by atoms with E-state index in [0.717, 1.165) is 34.5 Å². The number of aryl methyl sites for hydroxylation is 1. The number of benzene rings is 3. The Morgan fingerprint density at radius 3 is 2.53 bits per heavy atom. The first-order valence-electron chi connectivity index (χ1n) is 11.1. The van der Waals surface area contributed by atoms with Crippen LogP contribution in [0.3, 0.4) is 0 Å². The van der Waals surface area contributed by atoms with E-state index < -0.39 is 0 Å². The van der Waals surface area contributed by atoms with Crippen molar-refractivity contribution in [1.82, 2.24) is 9.78 Å². The number of halogens is 1. The summed E-state index contributed by atoms with van der Waals surface area (Å²) in [5.74, 6) is -0.255. The van der Waals surface area contributed by atoms with Gasteiger partial charge in [-0.3, -0.25) is 14.3 Å². The van der Waals surface area contributed by atoms with Crippen LogP contribution in [0.5, 0.6) is 0 Å². The molecule has 2 heterocycles. The van der Waals surface area contributed by atoms with Crippen LogP contribution in [0, 0.1) is 0 Å². The number of hydrogen-bond donors (Lipinski definition) is 1. The number of rotatable bonds is 4. The Hall–Kier alpha value is -3.90. The summed E-state index contributed by atoms with van der Waals surface area (Å²) in [5, 5.41) is 8.06. The lowest BCUT2D eigenvalue weighted by Crippen LogP contribution is -2.32. The van der Waals surface area contributed by atoms with E-state index in [4.69, 9.17) is 11.6 Å². The molecule has 6 nitrogen and oxygen atoms in total. The van der Waals surface area contributed by atoms with Gasteiger partial charge in [-0.2, -0.15) is 5.10 Å². The Morgan fingerprint density at radius 2 is 1.74 bits per heavy atom. The van der Waals surface area contributed by atoms with Crippen molar-refractivity contribution in [2.24, 2.45) is 7.05 Å². The molecule has 2 amide bonds. The lowest BCUT2D eigenvalue weighted by molar-refractivity contribution is -0.115. The molecule has 0 radical (unpaired) electrons. The largest absolute Gasteiger partial charge is 0.326 e. The highest BCUT2D eigenvalue weighted by atomic mass is 35.5. The molecule has 0 aliphatic carbocycles. The summed E-state index contributed by atoms with van der Waals surface area (Å²) < 4.78 is 1.82. The van der Waals surface area contributed by atoms with Gasteiger partial charge in [0.25, 0.3) is 5.91 Å². The Balaban J connectivity index is 1.33. The lowest BCUT2D eigenvalue weighted by atomic mass is 10.1. The Bertz CT molecular complexity index is 1380. The van der Waals surface area contributed by atoms with E-state index in [1.54, 1.807) is 30.3 Å². The maximum atomic E-state index is 13.5. The molecule has 4 aromatic rings. The smallest absolute Gasteiger partial charge is 0.258 e. The van der Waals surface area contributed by atoms with Crippen molar-refractivity contribution in [3.63, 3.8) is 0 Å². The Kier molecular flexibility index (Phi) is 5.90. The fourth-order valence-corrected chi connectivity index (χ4v) is 4.49. The first-order chi connectivity index (χ1) is 16.5. The number of carbonyl (C=O) groups excluding carboxylic acids is 2. The zero-order valence-electron chi connectivity index (χ0n) is 18.7. The van der Waals surface area contributed by atoms with Gasteiger partial charge in [-0.05, 0) is 53.9 Å². The van der Waals surface area contributed by atoms with Crippen LogP contribution in [0.2, 0.25) is 5.02 Å². The number of hydrogen-bond acceptors (Lipinski definition) is 3. The number of anilines is 2. The summed E-state index contributed by atoms with van der Waals surface area (Å²) in [5.41, 5.74) is 5.80. The average molecular weight is 471 g/mol. The quantitative estimate of drug-likeness (QED) is 0.450. The Labute approximate surface area is 202 Å². The molecule has 0 spiro atoms. The van der Waals surface area contributed by atoms with Crippen LogP contribution < -0.4 is 10.2 Å². The first kappa shape index (κ1) is 21.9. The van der Waals surface area contributed by atoms with E-state index in [2.05, 4.69) is 10.4 Å². The van der Waals surface area contributed by atoms with E-state index in [-0.39, 0.29) is 18.2 Å². The SMILES string of the molecule is Cn1cc2c(n1)-c1ccccc1N(C(=O)c1ccc(NC(=O)Cc3ccccc3Cl)cc1)CC2. The third-order valence-corrected chi connectivity index (χ3v) is 6.30. The summed E-state index contributed by atoms with van der Waals surface area (Å²) in [7, 11) is 1.91. The molecule has 0 saturated carbocycles. The number of fused-ring (bicyclic) bond motifs is 3. The number of amides is 2. The molecular formula is C27H23ClN4O2. The molecule has 0 atom stereocenters. The maximum Gasteiger partial charge on any atom is 0.258 e. The number of nitrogens with zero attached hydrogens (tertiary/aromatic N) is 3. The van der Waals surface area contributed by atoms with Crippen molar-refractivity contribution >= 4 is 34.8 Å². The third kappa shape index (κ3) is 4.32. The summed E-state index contributed by atoms with van der Waals surface area (Å²) in [6.45, 7) is 0.560. The van der Waals surface area contributed by atoms with Crippen LogP contribution in [0.1, 0.15) is 21.5 Å². The van der Waals surface area contributed by atoms with Crippen LogP contribution >= 0.6 is 11.6 Å². The van der Waals surface area contributed by atoms with Gasteiger partial charge in [0, 0.05) is 41.6 Å². The van der Waals surface area contributed by atoms with Crippen LogP contribution in [0.4, 0.5) is 11.4 Å². The first-order valence-corrected chi connectivity index (χ1v) is 11.4. The summed E-state index contributed by atoms with van der Waals surface area (Å²) in [6, 6.07) is 22.1. The van der Waals surface area contributed by atoms with Gasteiger partial charge >= 0.3 is 0 Å². The molecule has 1 N–H and O–H groups in total. The Morgan fingerprint density at radius 1 is 1.00 bits per heavy atom. The molecule has 3 aromatic carbocycles. The number of aromatic nitrogens is 2. The van der Waals surface area contributed by atoms with Crippen LogP contribution in [-0.4, -0.2) is 28.1 Å². The van der Waals surface area contributed by atoms with Crippen molar-refractivity contribution in [3.05, 3.63) is 101 Å². The minimum Gasteiger partial charge on any atom is -0.326 e. The van der Waals surface area contributed by atoms with Gasteiger partial charge in [-0.25, -0.2) is 0 Å². The van der Waals surface area contributed by atoms with E-state index in [1.807, 2.05) is 65.3 Å². The van der Waals surface area contributed by atoms with E-state index in [1.165, 1.54) is 0 Å². The van der Waals surface area contributed by atoms with Crippen molar-refractivity contribution in [2.45, 2.75) is 12.8 Å². The normalized spacial score (nSPS) is 12.5. The van der Waals surface area contributed by atoms with Crippen molar-refractivity contribution < 1.29 is 9.59 Å². The predicted molar refractivity (Wildman–Crippen MR) is 134 cm³/mol. The molecule has 0 unspecified atom stereocenters. The monoisotopic (exact) mass is 470 g/mol. The standard InChI is InChI=1S/C27H23ClN4O2/c1-31-17-20-14-15-32(24-9-5-3-7-22(24)26(20)30-31)27(34)18-10-12-21(13-11-18)29-25(33)16-19-6-2-4-8-23(19)28/h2-13,17H,14-16H2,1H3,(H,29,33).